The zero-order chi connectivity index (χ0) is 18.2. The highest BCUT2D eigenvalue weighted by Gasteiger charge is 2.14. The van der Waals surface area contributed by atoms with Crippen LogP contribution in [-0.2, 0) is 11.3 Å². The van der Waals surface area contributed by atoms with Crippen LogP contribution in [0.3, 0.4) is 0 Å². The van der Waals surface area contributed by atoms with E-state index in [1.54, 1.807) is 37.3 Å². The molecule has 1 atom stereocenters. The number of ether oxygens (including phenoxy) is 1. The van der Waals surface area contributed by atoms with Gasteiger partial charge in [-0.15, -0.1) is 0 Å². The van der Waals surface area contributed by atoms with Crippen LogP contribution in [-0.4, -0.2) is 25.0 Å². The van der Waals surface area contributed by atoms with Crippen molar-refractivity contribution in [3.05, 3.63) is 59.9 Å². The Morgan fingerprint density at radius 1 is 1.16 bits per heavy atom. The number of carbonyl (C=O) groups excluding carboxylic acids is 2. The molecule has 0 heterocycles. The third-order valence-electron chi connectivity index (χ3n) is 3.40. The molecule has 0 fully saturated rings. The van der Waals surface area contributed by atoms with Crippen molar-refractivity contribution in [2.24, 2.45) is 0 Å². The number of benzene rings is 2. The average Bonchev–Trinajstić information content (AvgIpc) is 2.61. The van der Waals surface area contributed by atoms with Gasteiger partial charge in [0.2, 0.25) is 5.91 Å². The molecule has 132 valence electrons. The predicted octanol–water partition coefficient (Wildman–Crippen LogP) is 2.55. The van der Waals surface area contributed by atoms with Crippen LogP contribution in [0, 0.1) is 5.82 Å². The summed E-state index contributed by atoms with van der Waals surface area (Å²) in [7, 11) is 1.47. The Labute approximate surface area is 145 Å². The molecule has 0 bridgehead atoms. The predicted molar refractivity (Wildman–Crippen MR) is 91.8 cm³/mol. The zero-order valence-corrected chi connectivity index (χ0v) is 14.0. The molecule has 0 aliphatic heterocycles. The molecule has 3 N–H and O–H groups in total. The maximum atomic E-state index is 13.6. The summed E-state index contributed by atoms with van der Waals surface area (Å²) in [6, 6.07) is 12.0. The minimum Gasteiger partial charge on any atom is -0.454 e. The van der Waals surface area contributed by atoms with E-state index in [1.165, 1.54) is 19.2 Å². The molecule has 0 aromatic heterocycles. The fourth-order valence-electron chi connectivity index (χ4n) is 2.05. The lowest BCUT2D eigenvalue weighted by Gasteiger charge is -2.14. The second kappa shape index (κ2) is 8.68. The van der Waals surface area contributed by atoms with Crippen LogP contribution in [0.2, 0.25) is 0 Å². The van der Waals surface area contributed by atoms with Crippen molar-refractivity contribution in [1.29, 1.82) is 0 Å². The molecule has 3 amide bonds. The number of rotatable bonds is 6. The van der Waals surface area contributed by atoms with E-state index in [4.69, 9.17) is 4.74 Å². The normalized spacial score (nSPS) is 11.3. The van der Waals surface area contributed by atoms with E-state index in [2.05, 4.69) is 16.0 Å². The summed E-state index contributed by atoms with van der Waals surface area (Å²) in [6.45, 7) is 1.84. The van der Waals surface area contributed by atoms with Crippen molar-refractivity contribution in [2.75, 3.05) is 7.05 Å². The Hall–Kier alpha value is -3.09. The van der Waals surface area contributed by atoms with Crippen molar-refractivity contribution in [3.63, 3.8) is 0 Å². The van der Waals surface area contributed by atoms with E-state index in [0.717, 1.165) is 5.56 Å². The molecule has 1 unspecified atom stereocenters. The van der Waals surface area contributed by atoms with Gasteiger partial charge in [-0.25, -0.2) is 9.18 Å². The van der Waals surface area contributed by atoms with Crippen LogP contribution in [0.15, 0.2) is 48.5 Å². The van der Waals surface area contributed by atoms with E-state index in [0.29, 0.717) is 5.75 Å². The van der Waals surface area contributed by atoms with E-state index in [1.807, 2.05) is 6.07 Å². The Balaban J connectivity index is 1.94. The van der Waals surface area contributed by atoms with Crippen molar-refractivity contribution >= 4 is 11.9 Å². The van der Waals surface area contributed by atoms with Gasteiger partial charge in [-0.1, -0.05) is 24.3 Å². The lowest BCUT2D eigenvalue weighted by molar-refractivity contribution is -0.122. The Kier molecular flexibility index (Phi) is 6.33. The topological polar surface area (TPSA) is 79.5 Å². The highest BCUT2D eigenvalue weighted by molar-refractivity contribution is 5.86. The van der Waals surface area contributed by atoms with Crippen LogP contribution in [0.1, 0.15) is 12.5 Å². The number of nitrogens with one attached hydrogen (secondary N) is 3. The first-order chi connectivity index (χ1) is 12.0. The number of halogens is 1. The minimum absolute atomic E-state index is 0.132. The molecule has 0 saturated heterocycles. The number of para-hydroxylation sites is 1. The van der Waals surface area contributed by atoms with Gasteiger partial charge in [0.15, 0.2) is 11.6 Å². The summed E-state index contributed by atoms with van der Waals surface area (Å²) < 4.78 is 19.1. The van der Waals surface area contributed by atoms with Crippen LogP contribution in [0.25, 0.3) is 0 Å². The van der Waals surface area contributed by atoms with Crippen molar-refractivity contribution in [1.82, 2.24) is 16.0 Å². The van der Waals surface area contributed by atoms with Crippen molar-refractivity contribution in [3.8, 4) is 11.5 Å². The Morgan fingerprint density at radius 2 is 1.92 bits per heavy atom. The van der Waals surface area contributed by atoms with E-state index in [9.17, 15) is 14.0 Å². The standard InChI is InChI=1S/C18H20FN3O3/c1-12(22-18(24)20-2)17(23)21-11-13-6-5-7-14(10-13)25-16-9-4-3-8-15(16)19/h3-10,12H,11H2,1-2H3,(H,21,23)(H2,20,22,24). The van der Waals surface area contributed by atoms with Gasteiger partial charge in [-0.3, -0.25) is 4.79 Å². The monoisotopic (exact) mass is 345 g/mol. The molecule has 25 heavy (non-hydrogen) atoms. The smallest absolute Gasteiger partial charge is 0.315 e. The molecule has 0 aliphatic rings. The average molecular weight is 345 g/mol. The molecule has 2 aromatic carbocycles. The molecule has 0 aliphatic carbocycles. The van der Waals surface area contributed by atoms with Gasteiger partial charge >= 0.3 is 6.03 Å². The highest BCUT2D eigenvalue weighted by atomic mass is 19.1. The maximum Gasteiger partial charge on any atom is 0.315 e. The molecule has 0 spiro atoms. The van der Waals surface area contributed by atoms with Crippen LogP contribution in [0.5, 0.6) is 11.5 Å². The molecule has 0 radical (unpaired) electrons. The van der Waals surface area contributed by atoms with Gasteiger partial charge in [-0.05, 0) is 36.8 Å². The lowest BCUT2D eigenvalue weighted by Crippen LogP contribution is -2.47. The van der Waals surface area contributed by atoms with Crippen LogP contribution in [0.4, 0.5) is 9.18 Å². The molecular formula is C18H20FN3O3. The first-order valence-electron chi connectivity index (χ1n) is 7.77. The fraction of sp³-hybridized carbons (Fsp3) is 0.222. The molecule has 7 heteroatoms. The van der Waals surface area contributed by atoms with Gasteiger partial charge in [0.05, 0.1) is 0 Å². The maximum absolute atomic E-state index is 13.6. The number of urea groups is 1. The Morgan fingerprint density at radius 3 is 2.64 bits per heavy atom. The third-order valence-corrected chi connectivity index (χ3v) is 3.40. The van der Waals surface area contributed by atoms with Crippen molar-refractivity contribution < 1.29 is 18.7 Å². The molecule has 2 rings (SSSR count). The SMILES string of the molecule is CNC(=O)NC(C)C(=O)NCc1cccc(Oc2ccccc2F)c1. The number of hydrogen-bond acceptors (Lipinski definition) is 3. The first-order valence-corrected chi connectivity index (χ1v) is 7.77. The van der Waals surface area contributed by atoms with Crippen molar-refractivity contribution in [2.45, 2.75) is 19.5 Å². The number of carbonyl (C=O) groups is 2. The second-order valence-electron chi connectivity index (χ2n) is 5.34. The number of hydrogen-bond donors (Lipinski definition) is 3. The van der Waals surface area contributed by atoms with E-state index in [-0.39, 0.29) is 18.2 Å². The zero-order valence-electron chi connectivity index (χ0n) is 14.0. The van der Waals surface area contributed by atoms with Gasteiger partial charge in [-0.2, -0.15) is 0 Å². The van der Waals surface area contributed by atoms with Crippen LogP contribution >= 0.6 is 0 Å². The molecule has 0 saturated carbocycles. The van der Waals surface area contributed by atoms with E-state index >= 15 is 0 Å². The summed E-state index contributed by atoms with van der Waals surface area (Å²) in [5, 5.41) is 7.59. The van der Waals surface area contributed by atoms with Gasteiger partial charge in [0.1, 0.15) is 11.8 Å². The highest BCUT2D eigenvalue weighted by Crippen LogP contribution is 2.24. The first kappa shape index (κ1) is 18.3. The quantitative estimate of drug-likeness (QED) is 0.753. The minimum atomic E-state index is -0.669. The largest absolute Gasteiger partial charge is 0.454 e. The summed E-state index contributed by atoms with van der Waals surface area (Å²) in [5.41, 5.74) is 0.786. The Bertz CT molecular complexity index is 752. The summed E-state index contributed by atoms with van der Waals surface area (Å²) in [6.07, 6.45) is 0. The summed E-state index contributed by atoms with van der Waals surface area (Å²) in [4.78, 5) is 23.2. The molecule has 6 nitrogen and oxygen atoms in total. The molecule has 2 aromatic rings. The lowest BCUT2D eigenvalue weighted by atomic mass is 10.2. The molecular weight excluding hydrogens is 325 g/mol. The fourth-order valence-corrected chi connectivity index (χ4v) is 2.05. The van der Waals surface area contributed by atoms with Gasteiger partial charge in [0.25, 0.3) is 0 Å². The van der Waals surface area contributed by atoms with Crippen LogP contribution < -0.4 is 20.7 Å². The summed E-state index contributed by atoms with van der Waals surface area (Å²) in [5.74, 6) is -0.167. The van der Waals surface area contributed by atoms with Gasteiger partial charge < -0.3 is 20.7 Å². The van der Waals surface area contributed by atoms with E-state index < -0.39 is 17.9 Å². The van der Waals surface area contributed by atoms with Gasteiger partial charge in [0, 0.05) is 13.6 Å². The second-order valence-corrected chi connectivity index (χ2v) is 5.34. The number of amides is 3. The summed E-state index contributed by atoms with van der Waals surface area (Å²) >= 11 is 0. The third kappa shape index (κ3) is 5.49.